The van der Waals surface area contributed by atoms with E-state index in [0.29, 0.717) is 0 Å². The highest BCUT2D eigenvalue weighted by molar-refractivity contribution is 4.77. The van der Waals surface area contributed by atoms with E-state index in [1.165, 1.54) is 12.8 Å². The first kappa shape index (κ1) is 10.6. The lowest BCUT2D eigenvalue weighted by Gasteiger charge is -1.72. The minimum absolute atomic E-state index is 1.00. The van der Waals surface area contributed by atoms with Gasteiger partial charge in [-0.25, -0.2) is 0 Å². The van der Waals surface area contributed by atoms with E-state index in [2.05, 4.69) is 26.0 Å². The van der Waals surface area contributed by atoms with Crippen molar-refractivity contribution in [3.05, 3.63) is 12.2 Å². The Labute approximate surface area is 52.0 Å². The molecule has 0 aromatic rings. The molecule has 0 heterocycles. The minimum atomic E-state index is 1.00. The van der Waals surface area contributed by atoms with Crippen molar-refractivity contribution in [2.24, 2.45) is 0 Å². The molecule has 0 aromatic carbocycles. The van der Waals surface area contributed by atoms with Crippen molar-refractivity contribution in [1.29, 1.82) is 0 Å². The molecular formula is C7H16O. The molecule has 50 valence electrons. The lowest BCUT2D eigenvalue weighted by atomic mass is 10.4. The van der Waals surface area contributed by atoms with Gasteiger partial charge in [0.1, 0.15) is 0 Å². The molecule has 1 N–H and O–H groups in total. The number of rotatable bonds is 2. The van der Waals surface area contributed by atoms with Gasteiger partial charge in [0, 0.05) is 7.11 Å². The summed E-state index contributed by atoms with van der Waals surface area (Å²) in [5.74, 6) is 0. The molecule has 0 radical (unpaired) electrons. The molecule has 1 heteroatoms. The Kier molecular flexibility index (Phi) is 21.1. The van der Waals surface area contributed by atoms with Gasteiger partial charge in [-0.2, -0.15) is 0 Å². The van der Waals surface area contributed by atoms with Gasteiger partial charge in [0.05, 0.1) is 0 Å². The topological polar surface area (TPSA) is 20.2 Å². The van der Waals surface area contributed by atoms with Crippen molar-refractivity contribution in [1.82, 2.24) is 0 Å². The Morgan fingerprint density at radius 1 is 1.00 bits per heavy atom. The van der Waals surface area contributed by atoms with Gasteiger partial charge >= 0.3 is 0 Å². The maximum absolute atomic E-state index is 7.00. The molecule has 0 saturated carbocycles. The summed E-state index contributed by atoms with van der Waals surface area (Å²) in [5, 5.41) is 7.00. The molecule has 0 bridgehead atoms. The van der Waals surface area contributed by atoms with Crippen LogP contribution in [-0.4, -0.2) is 12.2 Å². The summed E-state index contributed by atoms with van der Waals surface area (Å²) in [5.41, 5.74) is 0. The van der Waals surface area contributed by atoms with E-state index in [0.717, 1.165) is 7.11 Å². The van der Waals surface area contributed by atoms with Crippen LogP contribution in [0.1, 0.15) is 26.7 Å². The van der Waals surface area contributed by atoms with E-state index >= 15 is 0 Å². The summed E-state index contributed by atoms with van der Waals surface area (Å²) in [7, 11) is 1.00. The first-order valence-electron chi connectivity index (χ1n) is 3.01. The number of allylic oxidation sites excluding steroid dienone is 2. The summed E-state index contributed by atoms with van der Waals surface area (Å²) in [4.78, 5) is 0. The van der Waals surface area contributed by atoms with E-state index in [4.69, 9.17) is 5.11 Å². The fraction of sp³-hybridized carbons (Fsp3) is 0.714. The van der Waals surface area contributed by atoms with Crippen LogP contribution in [0.4, 0.5) is 0 Å². The maximum atomic E-state index is 7.00. The Morgan fingerprint density at radius 2 is 1.25 bits per heavy atom. The summed E-state index contributed by atoms with van der Waals surface area (Å²) >= 11 is 0. The van der Waals surface area contributed by atoms with Crippen molar-refractivity contribution >= 4 is 0 Å². The van der Waals surface area contributed by atoms with E-state index in [9.17, 15) is 0 Å². The summed E-state index contributed by atoms with van der Waals surface area (Å²) in [6.07, 6.45) is 6.71. The number of hydrogen-bond acceptors (Lipinski definition) is 1. The van der Waals surface area contributed by atoms with Crippen LogP contribution in [-0.2, 0) is 0 Å². The van der Waals surface area contributed by atoms with Gasteiger partial charge in [-0.15, -0.1) is 0 Å². The van der Waals surface area contributed by atoms with Crippen molar-refractivity contribution in [2.75, 3.05) is 7.11 Å². The van der Waals surface area contributed by atoms with Crippen molar-refractivity contribution < 1.29 is 5.11 Å². The average Bonchev–Trinajstić information content (AvgIpc) is 1.88. The monoisotopic (exact) mass is 116 g/mol. The largest absolute Gasteiger partial charge is 0.400 e. The predicted octanol–water partition coefficient (Wildman–Crippen LogP) is 1.97. The van der Waals surface area contributed by atoms with E-state index in [1.54, 1.807) is 0 Å². The van der Waals surface area contributed by atoms with Gasteiger partial charge in [-0.05, 0) is 12.8 Å². The second-order valence-electron chi connectivity index (χ2n) is 1.29. The molecule has 1 nitrogen and oxygen atoms in total. The van der Waals surface area contributed by atoms with E-state index < -0.39 is 0 Å². The van der Waals surface area contributed by atoms with Crippen LogP contribution in [0.25, 0.3) is 0 Å². The minimum Gasteiger partial charge on any atom is -0.400 e. The van der Waals surface area contributed by atoms with Gasteiger partial charge < -0.3 is 5.11 Å². The zero-order valence-corrected chi connectivity index (χ0v) is 6.02. The van der Waals surface area contributed by atoms with Crippen LogP contribution in [0.5, 0.6) is 0 Å². The van der Waals surface area contributed by atoms with Crippen LogP contribution in [0.3, 0.4) is 0 Å². The third-order valence-electron chi connectivity index (χ3n) is 0.638. The second kappa shape index (κ2) is 15.9. The van der Waals surface area contributed by atoms with Gasteiger partial charge in [-0.1, -0.05) is 26.0 Å². The normalized spacial score (nSPS) is 8.50. The molecule has 0 aromatic heterocycles. The summed E-state index contributed by atoms with van der Waals surface area (Å²) in [6, 6.07) is 0. The van der Waals surface area contributed by atoms with E-state index in [-0.39, 0.29) is 0 Å². The zero-order valence-electron chi connectivity index (χ0n) is 6.02. The lowest BCUT2D eigenvalue weighted by molar-refractivity contribution is 0.399. The molecule has 0 saturated heterocycles. The fourth-order valence-corrected chi connectivity index (χ4v) is 0.333. The Hall–Kier alpha value is -0.300. The first-order valence-corrected chi connectivity index (χ1v) is 3.01. The molecular weight excluding hydrogens is 100 g/mol. The smallest absolute Gasteiger partial charge is 0.0319 e. The van der Waals surface area contributed by atoms with Crippen LogP contribution in [0.2, 0.25) is 0 Å². The van der Waals surface area contributed by atoms with Gasteiger partial charge in [0.2, 0.25) is 0 Å². The first-order chi connectivity index (χ1) is 3.91. The SMILES string of the molecule is CC/C=C/CC.CO. The molecule has 0 aliphatic carbocycles. The number of aliphatic hydroxyl groups is 1. The third-order valence-corrected chi connectivity index (χ3v) is 0.638. The summed E-state index contributed by atoms with van der Waals surface area (Å²) in [6.45, 7) is 4.29. The van der Waals surface area contributed by atoms with Crippen LogP contribution in [0.15, 0.2) is 12.2 Å². The highest BCUT2D eigenvalue weighted by Crippen LogP contribution is 1.81. The van der Waals surface area contributed by atoms with Crippen LogP contribution < -0.4 is 0 Å². The lowest BCUT2D eigenvalue weighted by Crippen LogP contribution is -1.51. The van der Waals surface area contributed by atoms with Gasteiger partial charge in [0.15, 0.2) is 0 Å². The van der Waals surface area contributed by atoms with Gasteiger partial charge in [0.25, 0.3) is 0 Å². The molecule has 0 fully saturated rings. The molecule has 0 spiro atoms. The molecule has 8 heavy (non-hydrogen) atoms. The second-order valence-corrected chi connectivity index (χ2v) is 1.29. The standard InChI is InChI=1S/C6H12.CH4O/c1-3-5-6-4-2;1-2/h5-6H,3-4H2,1-2H3;2H,1H3/b6-5+;. The van der Waals surface area contributed by atoms with Crippen LogP contribution >= 0.6 is 0 Å². The van der Waals surface area contributed by atoms with Crippen LogP contribution in [0, 0.1) is 0 Å². The average molecular weight is 116 g/mol. The van der Waals surface area contributed by atoms with Crippen molar-refractivity contribution in [3.8, 4) is 0 Å². The highest BCUT2D eigenvalue weighted by atomic mass is 16.2. The third kappa shape index (κ3) is 17.3. The fourth-order valence-electron chi connectivity index (χ4n) is 0.333. The Balaban J connectivity index is 0. The predicted molar refractivity (Wildman–Crippen MR) is 37.9 cm³/mol. The Morgan fingerprint density at radius 3 is 1.38 bits per heavy atom. The van der Waals surface area contributed by atoms with Crippen molar-refractivity contribution in [3.63, 3.8) is 0 Å². The molecule has 0 aliphatic heterocycles. The molecule has 0 aliphatic rings. The summed E-state index contributed by atoms with van der Waals surface area (Å²) < 4.78 is 0. The highest BCUT2D eigenvalue weighted by Gasteiger charge is 1.60. The molecule has 0 rings (SSSR count). The molecule has 0 unspecified atom stereocenters. The van der Waals surface area contributed by atoms with Gasteiger partial charge in [-0.3, -0.25) is 0 Å². The number of hydrogen-bond donors (Lipinski definition) is 1. The maximum Gasteiger partial charge on any atom is 0.0319 e. The molecule has 0 amide bonds. The molecule has 0 atom stereocenters. The van der Waals surface area contributed by atoms with Crippen molar-refractivity contribution in [2.45, 2.75) is 26.7 Å². The van der Waals surface area contributed by atoms with E-state index in [1.807, 2.05) is 0 Å². The Bertz CT molecular complexity index is 33.7. The quantitative estimate of drug-likeness (QED) is 0.547. The number of aliphatic hydroxyl groups excluding tert-OH is 1. The zero-order chi connectivity index (χ0) is 6.83.